The first-order chi connectivity index (χ1) is 18.3. The Balaban J connectivity index is 1.29. The van der Waals surface area contributed by atoms with Crippen LogP contribution in [0.3, 0.4) is 0 Å². The highest BCUT2D eigenvalue weighted by Gasteiger charge is 2.70. The molecule has 194 valence electrons. The minimum atomic E-state index is -1.18. The standard InChI is InChI=1S/C28H24N2O6S2/c1-12(27(33)34)30-25(31)20-16-11-17(21(20)26(30)32)22-19(16)18(23-24(37-22)29-28(35)38-23)13-6-5-9-15(10-13)36-14-7-3-2-4-8-14/h2-10,12,16-22H,11H2,1H3,(H,29,35)(H,33,34)/t12-,16-,17-,18-,19+,20+,21-,22+/m1/s1. The molecule has 38 heavy (non-hydrogen) atoms. The lowest BCUT2D eigenvalue weighted by molar-refractivity contribution is -0.154. The second-order valence-electron chi connectivity index (χ2n) is 10.5. The largest absolute Gasteiger partial charge is 0.480 e. The van der Waals surface area contributed by atoms with Gasteiger partial charge in [0.2, 0.25) is 11.8 Å². The van der Waals surface area contributed by atoms with Gasteiger partial charge in [0.05, 0.1) is 16.9 Å². The number of thiazole rings is 1. The maximum atomic E-state index is 13.5. The maximum absolute atomic E-state index is 13.5. The molecular formula is C28H24N2O6S2. The van der Waals surface area contributed by atoms with Gasteiger partial charge in [0.1, 0.15) is 17.5 Å². The van der Waals surface area contributed by atoms with Crippen LogP contribution in [0.5, 0.6) is 11.5 Å². The zero-order valence-corrected chi connectivity index (χ0v) is 21.9. The highest BCUT2D eigenvalue weighted by atomic mass is 32.2. The first kappa shape index (κ1) is 23.7. The lowest BCUT2D eigenvalue weighted by atomic mass is 9.68. The zero-order chi connectivity index (χ0) is 26.3. The summed E-state index contributed by atoms with van der Waals surface area (Å²) in [6.07, 6.45) is 0.750. The van der Waals surface area contributed by atoms with Crippen LogP contribution in [0, 0.1) is 29.6 Å². The van der Waals surface area contributed by atoms with Crippen molar-refractivity contribution in [3.63, 3.8) is 0 Å². The molecule has 1 saturated heterocycles. The number of nitrogens with zero attached hydrogens (tertiary/aromatic N) is 1. The van der Waals surface area contributed by atoms with Crippen LogP contribution in [0.15, 0.2) is 64.4 Å². The van der Waals surface area contributed by atoms with Crippen molar-refractivity contribution in [1.29, 1.82) is 0 Å². The third kappa shape index (κ3) is 3.36. The van der Waals surface area contributed by atoms with Crippen molar-refractivity contribution in [2.24, 2.45) is 29.6 Å². The van der Waals surface area contributed by atoms with E-state index in [0.717, 1.165) is 32.5 Å². The van der Waals surface area contributed by atoms with Crippen LogP contribution >= 0.6 is 23.1 Å². The van der Waals surface area contributed by atoms with Crippen molar-refractivity contribution < 1.29 is 24.2 Å². The van der Waals surface area contributed by atoms with Gasteiger partial charge in [-0.15, -0.1) is 11.8 Å². The number of ether oxygens (including phenoxy) is 1. The van der Waals surface area contributed by atoms with Gasteiger partial charge >= 0.3 is 10.8 Å². The van der Waals surface area contributed by atoms with Crippen molar-refractivity contribution in [2.75, 3.05) is 0 Å². The molecule has 2 bridgehead atoms. The van der Waals surface area contributed by atoms with Crippen LogP contribution in [0.4, 0.5) is 0 Å². The number of nitrogens with one attached hydrogen (secondary N) is 1. The third-order valence-electron chi connectivity index (χ3n) is 8.70. The van der Waals surface area contributed by atoms with Crippen LogP contribution < -0.4 is 9.61 Å². The SMILES string of the molecule is C[C@H](C(=O)O)N1C(=O)[C@@H]2[C@H]3C[C@@H]([C@@H]2C1=O)[C@H]1[C@@H](c2cccc(Oc4ccccc4)c2)c2sc(=O)[nH]c2S[C@@H]31. The Morgan fingerprint density at radius 2 is 1.74 bits per heavy atom. The molecule has 3 fully saturated rings. The van der Waals surface area contributed by atoms with Gasteiger partial charge in [-0.05, 0) is 60.9 Å². The molecule has 3 aromatic rings. The molecule has 1 aromatic heterocycles. The molecule has 0 unspecified atom stereocenters. The first-order valence-corrected chi connectivity index (χ1v) is 14.4. The van der Waals surface area contributed by atoms with Gasteiger partial charge < -0.3 is 14.8 Å². The lowest BCUT2D eigenvalue weighted by Crippen LogP contribution is -2.44. The number of fused-ring (bicyclic) bond motifs is 9. The van der Waals surface area contributed by atoms with Crippen molar-refractivity contribution >= 4 is 40.9 Å². The van der Waals surface area contributed by atoms with Gasteiger partial charge in [-0.3, -0.25) is 19.3 Å². The molecule has 10 heteroatoms. The van der Waals surface area contributed by atoms with Crippen LogP contribution in [0.2, 0.25) is 0 Å². The number of para-hydroxylation sites is 1. The number of likely N-dealkylation sites (tertiary alicyclic amines) is 1. The molecule has 2 aliphatic carbocycles. The van der Waals surface area contributed by atoms with E-state index in [1.165, 1.54) is 18.3 Å². The van der Waals surface area contributed by atoms with E-state index in [1.54, 1.807) is 11.8 Å². The Hall–Kier alpha value is -3.37. The molecule has 2 aliphatic heterocycles. The molecule has 0 spiro atoms. The Morgan fingerprint density at radius 1 is 1.03 bits per heavy atom. The second-order valence-corrected chi connectivity index (χ2v) is 12.7. The number of benzene rings is 2. The number of carboxylic acids is 1. The monoisotopic (exact) mass is 548 g/mol. The normalized spacial score (nSPS) is 31.6. The first-order valence-electron chi connectivity index (χ1n) is 12.7. The number of hydrogen-bond acceptors (Lipinski definition) is 7. The van der Waals surface area contributed by atoms with E-state index in [0.29, 0.717) is 5.75 Å². The number of thioether (sulfide) groups is 1. The summed E-state index contributed by atoms with van der Waals surface area (Å²) < 4.78 is 6.11. The molecule has 8 atom stereocenters. The number of rotatable bonds is 5. The van der Waals surface area contributed by atoms with Crippen molar-refractivity contribution in [1.82, 2.24) is 9.88 Å². The second kappa shape index (κ2) is 8.57. The number of hydrogen-bond donors (Lipinski definition) is 2. The molecule has 2 aromatic carbocycles. The third-order valence-corrected chi connectivity index (χ3v) is 11.3. The molecule has 2 N–H and O–H groups in total. The summed E-state index contributed by atoms with van der Waals surface area (Å²) in [5, 5.41) is 10.4. The number of carbonyl (C=O) groups is 3. The van der Waals surface area contributed by atoms with Gasteiger partial charge in [0.15, 0.2) is 0 Å². The number of amides is 2. The fourth-order valence-electron chi connectivity index (χ4n) is 7.30. The van der Waals surface area contributed by atoms with Gasteiger partial charge in [0.25, 0.3) is 0 Å². The van der Waals surface area contributed by atoms with Gasteiger partial charge in [-0.1, -0.05) is 41.7 Å². The number of aromatic amines is 1. The average Bonchev–Trinajstić information content (AvgIpc) is 3.63. The van der Waals surface area contributed by atoms with Crippen molar-refractivity contribution in [2.45, 2.75) is 35.6 Å². The number of aliphatic carboxylic acids is 1. The van der Waals surface area contributed by atoms with E-state index in [-0.39, 0.29) is 45.6 Å². The number of carbonyl (C=O) groups excluding carboxylic acids is 2. The molecule has 0 radical (unpaired) electrons. The topological polar surface area (TPSA) is 117 Å². The van der Waals surface area contributed by atoms with Gasteiger partial charge in [-0.2, -0.15) is 0 Å². The van der Waals surface area contributed by atoms with E-state index >= 15 is 0 Å². The van der Waals surface area contributed by atoms with Gasteiger partial charge in [0, 0.05) is 16.0 Å². The number of carboxylic acid groups (broad SMARTS) is 1. The number of aromatic nitrogens is 1. The Labute approximate surface area is 226 Å². The summed E-state index contributed by atoms with van der Waals surface area (Å²) in [6, 6.07) is 16.2. The molecule has 3 heterocycles. The van der Waals surface area contributed by atoms with E-state index in [1.807, 2.05) is 54.6 Å². The van der Waals surface area contributed by atoms with Crippen LogP contribution in [0.1, 0.15) is 29.7 Å². The molecule has 8 nitrogen and oxygen atoms in total. The number of imide groups is 1. The highest BCUT2D eigenvalue weighted by Crippen LogP contribution is 2.68. The fraction of sp³-hybridized carbons (Fsp3) is 0.357. The molecule has 4 aliphatic rings. The van der Waals surface area contributed by atoms with Gasteiger partial charge in [-0.25, -0.2) is 4.79 Å². The predicted octanol–water partition coefficient (Wildman–Crippen LogP) is 4.18. The van der Waals surface area contributed by atoms with Crippen LogP contribution in [0.25, 0.3) is 0 Å². The summed E-state index contributed by atoms with van der Waals surface area (Å²) in [5.74, 6) is -1.73. The summed E-state index contributed by atoms with van der Waals surface area (Å²) in [4.78, 5) is 55.9. The molecule has 7 rings (SSSR count). The smallest absolute Gasteiger partial charge is 0.326 e. The van der Waals surface area contributed by atoms with E-state index in [4.69, 9.17) is 4.74 Å². The average molecular weight is 549 g/mol. The minimum absolute atomic E-state index is 0.0361. The molecule has 2 amide bonds. The quantitative estimate of drug-likeness (QED) is 0.460. The van der Waals surface area contributed by atoms with Crippen LogP contribution in [-0.4, -0.2) is 44.1 Å². The van der Waals surface area contributed by atoms with E-state index in [9.17, 15) is 24.3 Å². The fourth-order valence-corrected chi connectivity index (χ4v) is 10.2. The summed E-state index contributed by atoms with van der Waals surface area (Å²) >= 11 is 2.81. The Kier molecular flexibility index (Phi) is 5.35. The zero-order valence-electron chi connectivity index (χ0n) is 20.3. The minimum Gasteiger partial charge on any atom is -0.480 e. The molecular weight excluding hydrogens is 524 g/mol. The summed E-state index contributed by atoms with van der Waals surface area (Å²) in [7, 11) is 0. The number of H-pyrrole nitrogens is 1. The van der Waals surface area contributed by atoms with Crippen LogP contribution in [-0.2, 0) is 14.4 Å². The molecule has 2 saturated carbocycles. The Bertz CT molecular complexity index is 1530. The van der Waals surface area contributed by atoms with E-state index in [2.05, 4.69) is 4.98 Å². The van der Waals surface area contributed by atoms with Crippen molar-refractivity contribution in [3.8, 4) is 11.5 Å². The van der Waals surface area contributed by atoms with E-state index < -0.39 is 23.8 Å². The van der Waals surface area contributed by atoms with Crippen molar-refractivity contribution in [3.05, 3.63) is 74.7 Å². The highest BCUT2D eigenvalue weighted by molar-refractivity contribution is 8.00. The summed E-state index contributed by atoms with van der Waals surface area (Å²) in [5.41, 5.74) is 1.00. The lowest BCUT2D eigenvalue weighted by Gasteiger charge is -2.43. The Morgan fingerprint density at radius 3 is 2.47 bits per heavy atom. The summed E-state index contributed by atoms with van der Waals surface area (Å²) in [6.45, 7) is 1.40. The maximum Gasteiger partial charge on any atom is 0.326 e. The predicted molar refractivity (Wildman–Crippen MR) is 140 cm³/mol.